The minimum absolute atomic E-state index is 0.0311. The van der Waals surface area contributed by atoms with Gasteiger partial charge < -0.3 is 14.6 Å². The van der Waals surface area contributed by atoms with Gasteiger partial charge in [0.2, 0.25) is 5.91 Å². The average molecular weight is 340 g/mol. The number of furan rings is 1. The number of aromatic nitrogens is 2. The number of carbonyl (C=O) groups excluding carboxylic acids is 2. The summed E-state index contributed by atoms with van der Waals surface area (Å²) in [5, 5.41) is 2.77. The first-order valence-electron chi connectivity index (χ1n) is 8.65. The zero-order chi connectivity index (χ0) is 17.2. The van der Waals surface area contributed by atoms with Gasteiger partial charge in [0, 0.05) is 18.7 Å². The quantitative estimate of drug-likeness (QED) is 0.894. The highest BCUT2D eigenvalue weighted by Gasteiger charge is 2.30. The van der Waals surface area contributed by atoms with E-state index in [0.29, 0.717) is 30.3 Å². The molecule has 1 aliphatic carbocycles. The van der Waals surface area contributed by atoms with Crippen molar-refractivity contribution in [2.75, 3.05) is 13.1 Å². The van der Waals surface area contributed by atoms with Crippen LogP contribution in [0.4, 0.5) is 0 Å². The Kier molecular flexibility index (Phi) is 4.21. The zero-order valence-corrected chi connectivity index (χ0v) is 13.9. The van der Waals surface area contributed by atoms with E-state index < -0.39 is 0 Å². The molecule has 3 heterocycles. The maximum atomic E-state index is 12.7. The second-order valence-corrected chi connectivity index (χ2v) is 6.55. The van der Waals surface area contributed by atoms with E-state index in [1.165, 1.54) is 0 Å². The van der Waals surface area contributed by atoms with Gasteiger partial charge in [-0.3, -0.25) is 9.59 Å². The number of aryl methyl sites for hydroxylation is 1. The molecule has 1 saturated carbocycles. The Morgan fingerprint density at radius 1 is 1.40 bits per heavy atom. The monoisotopic (exact) mass is 340 g/mol. The number of nitrogens with one attached hydrogen (secondary N) is 1. The summed E-state index contributed by atoms with van der Waals surface area (Å²) in [6.45, 7) is 0.893. The minimum Gasteiger partial charge on any atom is -0.467 e. The molecule has 0 spiro atoms. The lowest BCUT2D eigenvalue weighted by Crippen LogP contribution is -2.40. The molecule has 0 atom stereocenters. The van der Waals surface area contributed by atoms with E-state index in [9.17, 15) is 9.59 Å². The van der Waals surface area contributed by atoms with E-state index in [4.69, 9.17) is 4.42 Å². The van der Waals surface area contributed by atoms with Crippen LogP contribution in [0.15, 0.2) is 29.0 Å². The smallest absolute Gasteiger partial charge is 0.257 e. The highest BCUT2D eigenvalue weighted by atomic mass is 16.3. The van der Waals surface area contributed by atoms with Crippen molar-refractivity contribution in [3.05, 3.63) is 47.4 Å². The number of rotatable bonds is 5. The molecule has 0 unspecified atom stereocenters. The van der Waals surface area contributed by atoms with Crippen molar-refractivity contribution in [2.24, 2.45) is 0 Å². The van der Waals surface area contributed by atoms with E-state index >= 15 is 0 Å². The molecule has 2 aromatic rings. The maximum Gasteiger partial charge on any atom is 0.257 e. The lowest BCUT2D eigenvalue weighted by molar-refractivity contribution is -0.122. The number of amides is 2. The van der Waals surface area contributed by atoms with Crippen LogP contribution in [0.25, 0.3) is 0 Å². The molecule has 25 heavy (non-hydrogen) atoms. The van der Waals surface area contributed by atoms with Gasteiger partial charge in [-0.25, -0.2) is 9.97 Å². The van der Waals surface area contributed by atoms with Crippen LogP contribution >= 0.6 is 0 Å². The van der Waals surface area contributed by atoms with Crippen LogP contribution in [0.2, 0.25) is 0 Å². The van der Waals surface area contributed by atoms with Crippen molar-refractivity contribution in [1.29, 1.82) is 0 Å². The Morgan fingerprint density at radius 3 is 3.04 bits per heavy atom. The van der Waals surface area contributed by atoms with Gasteiger partial charge in [0.1, 0.15) is 11.6 Å². The number of hydrogen-bond acceptors (Lipinski definition) is 5. The van der Waals surface area contributed by atoms with Crippen molar-refractivity contribution in [3.8, 4) is 0 Å². The average Bonchev–Trinajstić information content (AvgIpc) is 3.36. The summed E-state index contributed by atoms with van der Waals surface area (Å²) >= 11 is 0. The molecule has 1 aliphatic heterocycles. The van der Waals surface area contributed by atoms with Crippen LogP contribution in [0, 0.1) is 0 Å². The first-order chi connectivity index (χ1) is 12.2. The maximum absolute atomic E-state index is 12.7. The number of carbonyl (C=O) groups is 2. The molecule has 2 amide bonds. The zero-order valence-electron chi connectivity index (χ0n) is 13.9. The SMILES string of the molecule is O=C(CN1CCCc2nc(C3CC3)ncc2C1=O)NCc1ccco1. The predicted molar refractivity (Wildman–Crippen MR) is 88.8 cm³/mol. The van der Waals surface area contributed by atoms with Crippen molar-refractivity contribution in [3.63, 3.8) is 0 Å². The predicted octanol–water partition coefficient (Wildman–Crippen LogP) is 1.65. The highest BCUT2D eigenvalue weighted by Crippen LogP contribution is 2.38. The summed E-state index contributed by atoms with van der Waals surface area (Å²) in [5.74, 6) is 1.64. The van der Waals surface area contributed by atoms with E-state index in [0.717, 1.165) is 37.2 Å². The Balaban J connectivity index is 1.42. The van der Waals surface area contributed by atoms with E-state index in [1.54, 1.807) is 29.5 Å². The second kappa shape index (κ2) is 6.66. The molecule has 2 aliphatic rings. The molecular weight excluding hydrogens is 320 g/mol. The Labute approximate surface area is 145 Å². The van der Waals surface area contributed by atoms with Crippen LogP contribution in [0.3, 0.4) is 0 Å². The highest BCUT2D eigenvalue weighted by molar-refractivity contribution is 5.97. The van der Waals surface area contributed by atoms with Gasteiger partial charge in [0.15, 0.2) is 0 Å². The van der Waals surface area contributed by atoms with Gasteiger partial charge in [0.05, 0.1) is 30.6 Å². The molecule has 2 aromatic heterocycles. The fraction of sp³-hybridized carbons (Fsp3) is 0.444. The molecule has 7 nitrogen and oxygen atoms in total. The van der Waals surface area contributed by atoms with Gasteiger partial charge in [-0.05, 0) is 37.8 Å². The molecule has 7 heteroatoms. The third kappa shape index (κ3) is 3.55. The Bertz CT molecular complexity index is 784. The number of nitrogens with zero attached hydrogens (tertiary/aromatic N) is 3. The summed E-state index contributed by atoms with van der Waals surface area (Å²) < 4.78 is 5.19. The van der Waals surface area contributed by atoms with Crippen LogP contribution < -0.4 is 5.32 Å². The molecule has 1 N–H and O–H groups in total. The van der Waals surface area contributed by atoms with Crippen molar-refractivity contribution in [2.45, 2.75) is 38.1 Å². The molecule has 1 fully saturated rings. The minimum atomic E-state index is -0.205. The largest absolute Gasteiger partial charge is 0.467 e. The molecule has 0 saturated heterocycles. The van der Waals surface area contributed by atoms with Crippen LogP contribution in [0.1, 0.15) is 52.8 Å². The summed E-state index contributed by atoms with van der Waals surface area (Å²) in [6.07, 6.45) is 7.01. The fourth-order valence-corrected chi connectivity index (χ4v) is 3.03. The fourth-order valence-electron chi connectivity index (χ4n) is 3.03. The molecule has 4 rings (SSSR count). The van der Waals surface area contributed by atoms with Crippen LogP contribution in [-0.4, -0.2) is 39.8 Å². The van der Waals surface area contributed by atoms with Crippen LogP contribution in [0.5, 0.6) is 0 Å². The number of hydrogen-bond donors (Lipinski definition) is 1. The van der Waals surface area contributed by atoms with Gasteiger partial charge in [-0.2, -0.15) is 0 Å². The first kappa shape index (κ1) is 15.8. The van der Waals surface area contributed by atoms with Gasteiger partial charge in [-0.1, -0.05) is 0 Å². The van der Waals surface area contributed by atoms with E-state index in [-0.39, 0.29) is 18.4 Å². The Hall–Kier alpha value is -2.70. The normalized spacial score (nSPS) is 17.1. The molecule has 0 aromatic carbocycles. The second-order valence-electron chi connectivity index (χ2n) is 6.55. The van der Waals surface area contributed by atoms with Gasteiger partial charge in [-0.15, -0.1) is 0 Å². The topological polar surface area (TPSA) is 88.3 Å². The lowest BCUT2D eigenvalue weighted by Gasteiger charge is -2.20. The van der Waals surface area contributed by atoms with E-state index in [2.05, 4.69) is 15.3 Å². The third-order valence-electron chi connectivity index (χ3n) is 4.56. The van der Waals surface area contributed by atoms with Gasteiger partial charge >= 0.3 is 0 Å². The van der Waals surface area contributed by atoms with Gasteiger partial charge in [0.25, 0.3) is 5.91 Å². The van der Waals surface area contributed by atoms with E-state index in [1.807, 2.05) is 0 Å². The van der Waals surface area contributed by atoms with Crippen molar-refractivity contribution >= 4 is 11.8 Å². The molecule has 130 valence electrons. The van der Waals surface area contributed by atoms with Crippen LogP contribution in [-0.2, 0) is 17.8 Å². The summed E-state index contributed by atoms with van der Waals surface area (Å²) in [6, 6.07) is 3.56. The Morgan fingerprint density at radius 2 is 2.28 bits per heavy atom. The molecule has 0 bridgehead atoms. The number of fused-ring (bicyclic) bond motifs is 1. The molecular formula is C18H20N4O3. The lowest BCUT2D eigenvalue weighted by atomic mass is 10.1. The van der Waals surface area contributed by atoms with Crippen molar-refractivity contribution < 1.29 is 14.0 Å². The standard InChI is InChI=1S/C18H20N4O3/c23-16(19-9-13-3-2-8-25-13)11-22-7-1-4-15-14(18(22)24)10-20-17(21-15)12-5-6-12/h2-3,8,10,12H,1,4-7,9,11H2,(H,19,23). The summed E-state index contributed by atoms with van der Waals surface area (Å²) in [7, 11) is 0. The summed E-state index contributed by atoms with van der Waals surface area (Å²) in [4.78, 5) is 35.4. The van der Waals surface area contributed by atoms with Crippen molar-refractivity contribution in [1.82, 2.24) is 20.2 Å². The third-order valence-corrected chi connectivity index (χ3v) is 4.56. The summed E-state index contributed by atoms with van der Waals surface area (Å²) in [5.41, 5.74) is 1.35. The molecule has 0 radical (unpaired) electrons. The first-order valence-corrected chi connectivity index (χ1v) is 8.65.